The third kappa shape index (κ3) is 3.22. The Morgan fingerprint density at radius 1 is 1.04 bits per heavy atom. The van der Waals surface area contributed by atoms with Crippen molar-refractivity contribution in [2.24, 2.45) is 4.99 Å². The van der Waals surface area contributed by atoms with Gasteiger partial charge in [0.1, 0.15) is 11.7 Å². The molecule has 1 aliphatic heterocycles. The summed E-state index contributed by atoms with van der Waals surface area (Å²) >= 11 is 0. The quantitative estimate of drug-likeness (QED) is 0.510. The lowest BCUT2D eigenvalue weighted by atomic mass is 9.92. The minimum atomic E-state index is -0.401. The van der Waals surface area contributed by atoms with Crippen LogP contribution in [-0.2, 0) is 0 Å². The topological polar surface area (TPSA) is 96.2 Å². The zero-order valence-electron chi connectivity index (χ0n) is 15.1. The molecular formula is C20H20ClN5O2. The van der Waals surface area contributed by atoms with Gasteiger partial charge in [-0.05, 0) is 43.2 Å². The highest BCUT2D eigenvalue weighted by molar-refractivity contribution is 6.02. The van der Waals surface area contributed by atoms with E-state index in [2.05, 4.69) is 21.4 Å². The van der Waals surface area contributed by atoms with Crippen LogP contribution < -0.4 is 5.32 Å². The van der Waals surface area contributed by atoms with Crippen molar-refractivity contribution in [1.82, 2.24) is 15.3 Å². The van der Waals surface area contributed by atoms with Gasteiger partial charge in [-0.3, -0.25) is 15.1 Å². The van der Waals surface area contributed by atoms with E-state index in [9.17, 15) is 10.1 Å². The number of halogens is 1. The standard InChI is InChI=1S/C20H19N5O2.ClH/c26-25(27)14-8-5-12(6-9-14)19-23-17-10-7-13(11-18(17)24-19)20-21-15-3-1-2-4-16(15)22-20;/h5-11,15-16H,1-4H2,(H,21,22)(H,23,24);1H. The molecule has 2 atom stereocenters. The van der Waals surface area contributed by atoms with Crippen molar-refractivity contribution in [1.29, 1.82) is 0 Å². The average Bonchev–Trinajstić information content (AvgIpc) is 3.31. The summed E-state index contributed by atoms with van der Waals surface area (Å²) in [6, 6.07) is 13.4. The molecule has 0 radical (unpaired) electrons. The monoisotopic (exact) mass is 397 g/mol. The highest BCUT2D eigenvalue weighted by Crippen LogP contribution is 2.28. The van der Waals surface area contributed by atoms with Crippen LogP contribution in [0.2, 0.25) is 0 Å². The fourth-order valence-electron chi connectivity index (χ4n) is 4.01. The molecule has 7 nitrogen and oxygen atoms in total. The third-order valence-corrected chi connectivity index (χ3v) is 5.45. The van der Waals surface area contributed by atoms with Crippen molar-refractivity contribution in [3.05, 3.63) is 58.1 Å². The second-order valence-corrected chi connectivity index (χ2v) is 7.20. The van der Waals surface area contributed by atoms with Gasteiger partial charge < -0.3 is 10.3 Å². The summed E-state index contributed by atoms with van der Waals surface area (Å²) in [4.78, 5) is 23.2. The molecule has 28 heavy (non-hydrogen) atoms. The minimum Gasteiger partial charge on any atom is -0.365 e. The number of benzene rings is 2. The molecule has 2 heterocycles. The maximum Gasteiger partial charge on any atom is 0.269 e. The van der Waals surface area contributed by atoms with Crippen molar-refractivity contribution in [3.8, 4) is 11.4 Å². The summed E-state index contributed by atoms with van der Waals surface area (Å²) in [5, 5.41) is 14.4. The van der Waals surface area contributed by atoms with Gasteiger partial charge >= 0.3 is 0 Å². The molecule has 1 aliphatic carbocycles. The van der Waals surface area contributed by atoms with E-state index in [4.69, 9.17) is 4.99 Å². The second-order valence-electron chi connectivity index (χ2n) is 7.20. The number of aliphatic imine (C=N–C) groups is 1. The molecule has 1 fully saturated rings. The van der Waals surface area contributed by atoms with Crippen LogP contribution >= 0.6 is 12.4 Å². The molecule has 1 aromatic heterocycles. The highest BCUT2D eigenvalue weighted by atomic mass is 35.5. The first-order valence-electron chi connectivity index (χ1n) is 9.27. The van der Waals surface area contributed by atoms with Crippen LogP contribution in [0.5, 0.6) is 0 Å². The van der Waals surface area contributed by atoms with Gasteiger partial charge in [-0.2, -0.15) is 0 Å². The molecule has 2 unspecified atom stereocenters. The van der Waals surface area contributed by atoms with Gasteiger partial charge in [0.05, 0.1) is 22.0 Å². The molecule has 1 saturated carbocycles. The number of hydrogen-bond donors (Lipinski definition) is 2. The lowest BCUT2D eigenvalue weighted by Crippen LogP contribution is -2.36. The fourth-order valence-corrected chi connectivity index (χ4v) is 4.01. The molecular weight excluding hydrogens is 378 g/mol. The van der Waals surface area contributed by atoms with Crippen molar-refractivity contribution in [2.75, 3.05) is 0 Å². The Bertz CT molecular complexity index is 1060. The number of fused-ring (bicyclic) bond motifs is 2. The summed E-state index contributed by atoms with van der Waals surface area (Å²) in [5.41, 5.74) is 3.75. The SMILES string of the molecule is Cl.O=[N+]([O-])c1ccc(-c2nc3ccc(C4=NC5CCCCC5N4)cc3[nH]2)cc1. The Labute approximate surface area is 167 Å². The van der Waals surface area contributed by atoms with E-state index in [0.717, 1.165) is 34.4 Å². The van der Waals surface area contributed by atoms with Crippen molar-refractivity contribution < 1.29 is 4.92 Å². The number of amidine groups is 1. The van der Waals surface area contributed by atoms with Gasteiger partial charge in [-0.1, -0.05) is 12.8 Å². The minimum absolute atomic E-state index is 0. The first-order chi connectivity index (χ1) is 13.2. The molecule has 3 aromatic rings. The number of aromatic amines is 1. The van der Waals surface area contributed by atoms with E-state index >= 15 is 0 Å². The predicted molar refractivity (Wildman–Crippen MR) is 111 cm³/mol. The number of hydrogen-bond acceptors (Lipinski definition) is 5. The number of non-ortho nitro benzene ring substituents is 1. The number of H-pyrrole nitrogens is 1. The van der Waals surface area contributed by atoms with E-state index in [0.29, 0.717) is 17.9 Å². The Morgan fingerprint density at radius 3 is 2.54 bits per heavy atom. The summed E-state index contributed by atoms with van der Waals surface area (Å²) in [6.07, 6.45) is 4.89. The van der Waals surface area contributed by atoms with Gasteiger partial charge in [0, 0.05) is 29.3 Å². The highest BCUT2D eigenvalue weighted by Gasteiger charge is 2.31. The van der Waals surface area contributed by atoms with Gasteiger partial charge in [0.2, 0.25) is 0 Å². The molecule has 2 N–H and O–H groups in total. The third-order valence-electron chi connectivity index (χ3n) is 5.45. The maximum atomic E-state index is 10.8. The Hall–Kier alpha value is -2.93. The molecule has 8 heteroatoms. The number of aromatic nitrogens is 2. The number of imidazole rings is 1. The average molecular weight is 398 g/mol. The second kappa shape index (κ2) is 7.24. The number of nitro groups is 1. The summed E-state index contributed by atoms with van der Waals surface area (Å²) < 4.78 is 0. The summed E-state index contributed by atoms with van der Waals surface area (Å²) in [6.45, 7) is 0. The first-order valence-corrected chi connectivity index (χ1v) is 9.27. The van der Waals surface area contributed by atoms with E-state index in [-0.39, 0.29) is 18.1 Å². The summed E-state index contributed by atoms with van der Waals surface area (Å²) in [5.74, 6) is 1.67. The molecule has 144 valence electrons. The molecule has 0 bridgehead atoms. The number of nitro benzene ring substituents is 1. The number of nitrogens with zero attached hydrogens (tertiary/aromatic N) is 3. The smallest absolute Gasteiger partial charge is 0.269 e. The first kappa shape index (κ1) is 18.4. The maximum absolute atomic E-state index is 10.8. The molecule has 0 saturated heterocycles. The van der Waals surface area contributed by atoms with Crippen LogP contribution in [0.25, 0.3) is 22.4 Å². The Morgan fingerprint density at radius 2 is 1.79 bits per heavy atom. The zero-order chi connectivity index (χ0) is 18.4. The van der Waals surface area contributed by atoms with Crippen LogP contribution in [0.1, 0.15) is 31.2 Å². The van der Waals surface area contributed by atoms with Crippen LogP contribution in [0.4, 0.5) is 5.69 Å². The lowest BCUT2D eigenvalue weighted by Gasteiger charge is -2.23. The van der Waals surface area contributed by atoms with Gasteiger partial charge in [-0.15, -0.1) is 12.4 Å². The lowest BCUT2D eigenvalue weighted by molar-refractivity contribution is -0.384. The molecule has 0 spiro atoms. The Kier molecular flexibility index (Phi) is 4.77. The zero-order valence-corrected chi connectivity index (χ0v) is 15.9. The van der Waals surface area contributed by atoms with Crippen LogP contribution in [0.15, 0.2) is 47.5 Å². The van der Waals surface area contributed by atoms with Gasteiger partial charge in [-0.25, -0.2) is 4.98 Å². The number of nitrogens with one attached hydrogen (secondary N) is 2. The predicted octanol–water partition coefficient (Wildman–Crippen LogP) is 4.22. The van der Waals surface area contributed by atoms with Crippen molar-refractivity contribution in [3.63, 3.8) is 0 Å². The largest absolute Gasteiger partial charge is 0.365 e. The van der Waals surface area contributed by atoms with E-state index < -0.39 is 4.92 Å². The fraction of sp³-hybridized carbons (Fsp3) is 0.300. The van der Waals surface area contributed by atoms with Crippen molar-refractivity contribution >= 4 is 35.0 Å². The van der Waals surface area contributed by atoms with Gasteiger partial charge in [0.15, 0.2) is 0 Å². The van der Waals surface area contributed by atoms with E-state index in [1.807, 2.05) is 12.1 Å². The summed E-state index contributed by atoms with van der Waals surface area (Å²) in [7, 11) is 0. The van der Waals surface area contributed by atoms with Crippen molar-refractivity contribution in [2.45, 2.75) is 37.8 Å². The van der Waals surface area contributed by atoms with Crippen LogP contribution in [0.3, 0.4) is 0 Å². The van der Waals surface area contributed by atoms with Gasteiger partial charge in [0.25, 0.3) is 5.69 Å². The van der Waals surface area contributed by atoms with E-state index in [1.165, 1.54) is 31.4 Å². The van der Waals surface area contributed by atoms with E-state index in [1.54, 1.807) is 12.1 Å². The Balaban J connectivity index is 0.00000192. The van der Waals surface area contributed by atoms with Crippen LogP contribution in [-0.4, -0.2) is 32.8 Å². The molecule has 2 aromatic carbocycles. The number of rotatable bonds is 3. The molecule has 2 aliphatic rings. The normalized spacial score (nSPS) is 20.8. The van der Waals surface area contributed by atoms with Crippen LogP contribution in [0, 0.1) is 10.1 Å². The molecule has 0 amide bonds. The molecule has 5 rings (SSSR count).